The number of nitrogens with two attached hydrogens (primary N) is 1. The van der Waals surface area contributed by atoms with Crippen LogP contribution in [0.2, 0.25) is 0 Å². The first-order valence-electron chi connectivity index (χ1n) is 7.89. The highest BCUT2D eigenvalue weighted by Gasteiger charge is 2.37. The molecule has 0 amide bonds. The van der Waals surface area contributed by atoms with Gasteiger partial charge in [-0.25, -0.2) is 0 Å². The molecule has 0 saturated carbocycles. The van der Waals surface area contributed by atoms with Crippen LogP contribution in [0.25, 0.3) is 0 Å². The molecule has 23 heavy (non-hydrogen) atoms. The van der Waals surface area contributed by atoms with Gasteiger partial charge in [0, 0.05) is 12.6 Å². The lowest BCUT2D eigenvalue weighted by atomic mass is 10.1. The maximum Gasteiger partial charge on any atom is 0.308 e. The molecule has 0 spiro atoms. The molecule has 1 saturated heterocycles. The number of ether oxygens (including phenoxy) is 3. The lowest BCUT2D eigenvalue weighted by molar-refractivity contribution is -0.302. The molecule has 0 radical (unpaired) electrons. The van der Waals surface area contributed by atoms with Crippen LogP contribution in [0.4, 0.5) is 5.82 Å². The maximum absolute atomic E-state index is 12.0. The van der Waals surface area contributed by atoms with Crippen molar-refractivity contribution >= 4 is 11.8 Å². The smallest absolute Gasteiger partial charge is 0.308 e. The molecule has 1 aliphatic heterocycles. The van der Waals surface area contributed by atoms with Crippen LogP contribution in [0, 0.1) is 0 Å². The molecule has 130 valence electrons. The molecule has 0 bridgehead atoms. The highest BCUT2D eigenvalue weighted by Crippen LogP contribution is 2.29. The summed E-state index contributed by atoms with van der Waals surface area (Å²) >= 11 is 0. The summed E-state index contributed by atoms with van der Waals surface area (Å²) in [6.45, 7) is 9.81. The molecule has 7 heteroatoms. The normalized spacial score (nSPS) is 24.4. The minimum Gasteiger partial charge on any atom is -0.460 e. The monoisotopic (exact) mass is 325 g/mol. The van der Waals surface area contributed by atoms with Gasteiger partial charge >= 0.3 is 5.97 Å². The standard InChI is InChI=1S/C16H27N3O4/c1-15(2,3)23-14(20)9-11-8-12(22-16(4,5)21-11)10-19-7-6-13(17)18-19/h6-7,11-12H,8-10H2,1-5H3,(H2,17,18). The summed E-state index contributed by atoms with van der Waals surface area (Å²) < 4.78 is 18.9. The average Bonchev–Trinajstić information content (AvgIpc) is 2.69. The zero-order chi connectivity index (χ0) is 17.3. The lowest BCUT2D eigenvalue weighted by Gasteiger charge is -2.40. The fourth-order valence-corrected chi connectivity index (χ4v) is 2.71. The first kappa shape index (κ1) is 17.7. The number of aromatic nitrogens is 2. The van der Waals surface area contributed by atoms with Crippen LogP contribution in [-0.4, -0.2) is 39.3 Å². The summed E-state index contributed by atoms with van der Waals surface area (Å²) in [5.74, 6) is -0.544. The number of nitrogen functional groups attached to an aromatic ring is 1. The van der Waals surface area contributed by atoms with E-state index in [4.69, 9.17) is 19.9 Å². The van der Waals surface area contributed by atoms with Gasteiger partial charge in [-0.2, -0.15) is 5.10 Å². The molecular weight excluding hydrogens is 298 g/mol. The Morgan fingerprint density at radius 1 is 1.43 bits per heavy atom. The molecule has 0 aromatic carbocycles. The molecule has 0 aliphatic carbocycles. The summed E-state index contributed by atoms with van der Waals surface area (Å²) in [4.78, 5) is 12.0. The minimum atomic E-state index is -0.756. The topological polar surface area (TPSA) is 88.6 Å². The summed E-state index contributed by atoms with van der Waals surface area (Å²) in [7, 11) is 0. The zero-order valence-corrected chi connectivity index (χ0v) is 14.5. The van der Waals surface area contributed by atoms with Crippen molar-refractivity contribution in [3.63, 3.8) is 0 Å². The van der Waals surface area contributed by atoms with Crippen molar-refractivity contribution in [1.82, 2.24) is 9.78 Å². The van der Waals surface area contributed by atoms with Crippen molar-refractivity contribution in [2.75, 3.05) is 5.73 Å². The fourth-order valence-electron chi connectivity index (χ4n) is 2.71. The number of carbonyl (C=O) groups excluding carboxylic acids is 1. The van der Waals surface area contributed by atoms with Gasteiger partial charge in [0.05, 0.1) is 25.2 Å². The first-order chi connectivity index (χ1) is 10.5. The summed E-state index contributed by atoms with van der Waals surface area (Å²) in [5, 5.41) is 4.17. The van der Waals surface area contributed by atoms with Gasteiger partial charge in [0.1, 0.15) is 11.4 Å². The second-order valence-electron chi connectivity index (χ2n) is 7.37. The molecule has 1 aliphatic rings. The third kappa shape index (κ3) is 5.84. The molecule has 1 fully saturated rings. The number of nitrogens with zero attached hydrogens (tertiary/aromatic N) is 2. The Labute approximate surface area is 137 Å². The second-order valence-corrected chi connectivity index (χ2v) is 7.37. The van der Waals surface area contributed by atoms with Gasteiger partial charge in [-0.05, 0) is 40.7 Å². The van der Waals surface area contributed by atoms with Crippen LogP contribution >= 0.6 is 0 Å². The van der Waals surface area contributed by atoms with E-state index >= 15 is 0 Å². The molecule has 2 rings (SSSR count). The first-order valence-corrected chi connectivity index (χ1v) is 7.89. The number of anilines is 1. The Bertz CT molecular complexity index is 548. The van der Waals surface area contributed by atoms with Gasteiger partial charge in [0.2, 0.25) is 0 Å². The Hall–Kier alpha value is -1.60. The predicted molar refractivity (Wildman–Crippen MR) is 85.5 cm³/mol. The average molecular weight is 325 g/mol. The second kappa shape index (κ2) is 6.49. The van der Waals surface area contributed by atoms with Crippen LogP contribution in [0.15, 0.2) is 12.3 Å². The number of rotatable bonds is 4. The maximum atomic E-state index is 12.0. The van der Waals surface area contributed by atoms with E-state index in [2.05, 4.69) is 5.10 Å². The molecule has 2 N–H and O–H groups in total. The summed E-state index contributed by atoms with van der Waals surface area (Å²) in [5.41, 5.74) is 5.13. The fraction of sp³-hybridized carbons (Fsp3) is 0.750. The summed E-state index contributed by atoms with van der Waals surface area (Å²) in [6, 6.07) is 1.74. The Kier molecular flexibility index (Phi) is 5.01. The third-order valence-corrected chi connectivity index (χ3v) is 3.29. The van der Waals surface area contributed by atoms with E-state index in [-0.39, 0.29) is 24.6 Å². The highest BCUT2D eigenvalue weighted by atomic mass is 16.7. The molecule has 2 heterocycles. The van der Waals surface area contributed by atoms with Crippen LogP contribution in [0.3, 0.4) is 0 Å². The van der Waals surface area contributed by atoms with Crippen LogP contribution < -0.4 is 5.73 Å². The van der Waals surface area contributed by atoms with Crippen molar-refractivity contribution in [3.05, 3.63) is 12.3 Å². The van der Waals surface area contributed by atoms with E-state index in [1.54, 1.807) is 10.7 Å². The number of hydrogen-bond donors (Lipinski definition) is 1. The Morgan fingerprint density at radius 2 is 2.09 bits per heavy atom. The van der Waals surface area contributed by atoms with Crippen LogP contribution in [0.5, 0.6) is 0 Å². The number of esters is 1. The van der Waals surface area contributed by atoms with Gasteiger partial charge in [-0.15, -0.1) is 0 Å². The largest absolute Gasteiger partial charge is 0.460 e. The molecule has 1 aromatic heterocycles. The number of carbonyl (C=O) groups is 1. The van der Waals surface area contributed by atoms with E-state index < -0.39 is 11.4 Å². The summed E-state index contributed by atoms with van der Waals surface area (Å²) in [6.07, 6.45) is 2.27. The van der Waals surface area contributed by atoms with Crippen LogP contribution in [0.1, 0.15) is 47.5 Å². The quantitative estimate of drug-likeness (QED) is 0.853. The SMILES string of the molecule is CC(C)(C)OC(=O)CC1CC(Cn2ccc(N)n2)OC(C)(C)O1. The van der Waals surface area contributed by atoms with Crippen molar-refractivity contribution in [2.24, 2.45) is 0 Å². The van der Waals surface area contributed by atoms with Crippen molar-refractivity contribution in [3.8, 4) is 0 Å². The van der Waals surface area contributed by atoms with Gasteiger partial charge in [-0.3, -0.25) is 9.48 Å². The van der Waals surface area contributed by atoms with E-state index in [0.29, 0.717) is 18.8 Å². The van der Waals surface area contributed by atoms with E-state index in [1.165, 1.54) is 0 Å². The predicted octanol–water partition coefficient (Wildman–Crippen LogP) is 2.11. The third-order valence-electron chi connectivity index (χ3n) is 3.29. The zero-order valence-electron chi connectivity index (χ0n) is 14.5. The number of hydrogen-bond acceptors (Lipinski definition) is 6. The molecule has 2 atom stereocenters. The Balaban J connectivity index is 1.96. The van der Waals surface area contributed by atoms with E-state index in [9.17, 15) is 4.79 Å². The van der Waals surface area contributed by atoms with Gasteiger partial charge < -0.3 is 19.9 Å². The minimum absolute atomic E-state index is 0.106. The molecule has 2 unspecified atom stereocenters. The molecule has 1 aromatic rings. The Morgan fingerprint density at radius 3 is 2.65 bits per heavy atom. The van der Waals surface area contributed by atoms with E-state index in [1.807, 2.05) is 40.8 Å². The van der Waals surface area contributed by atoms with E-state index in [0.717, 1.165) is 0 Å². The lowest BCUT2D eigenvalue weighted by Crippen LogP contribution is -2.47. The van der Waals surface area contributed by atoms with Crippen molar-refractivity contribution < 1.29 is 19.0 Å². The van der Waals surface area contributed by atoms with Gasteiger partial charge in [-0.1, -0.05) is 0 Å². The van der Waals surface area contributed by atoms with Crippen LogP contribution in [-0.2, 0) is 25.5 Å². The molecule has 7 nitrogen and oxygen atoms in total. The van der Waals surface area contributed by atoms with Crippen molar-refractivity contribution in [2.45, 2.75) is 77.6 Å². The van der Waals surface area contributed by atoms with Crippen molar-refractivity contribution in [1.29, 1.82) is 0 Å². The van der Waals surface area contributed by atoms with Gasteiger partial charge in [0.15, 0.2) is 5.79 Å². The molecular formula is C16H27N3O4. The highest BCUT2D eigenvalue weighted by molar-refractivity contribution is 5.70. The van der Waals surface area contributed by atoms with Gasteiger partial charge in [0.25, 0.3) is 0 Å².